The molecule has 118 valence electrons. The summed E-state index contributed by atoms with van der Waals surface area (Å²) in [6.45, 7) is 6.49. The first kappa shape index (κ1) is 16.9. The number of rotatable bonds is 8. The van der Waals surface area contributed by atoms with Crippen molar-refractivity contribution in [1.29, 1.82) is 0 Å². The third-order valence-electron chi connectivity index (χ3n) is 2.89. The van der Waals surface area contributed by atoms with E-state index >= 15 is 0 Å². The van der Waals surface area contributed by atoms with Gasteiger partial charge in [-0.05, 0) is 12.3 Å². The van der Waals surface area contributed by atoms with Crippen LogP contribution in [0.4, 0.5) is 11.5 Å². The monoisotopic (exact) mass is 297 g/mol. The van der Waals surface area contributed by atoms with Gasteiger partial charge >= 0.3 is 5.69 Å². The van der Waals surface area contributed by atoms with Crippen molar-refractivity contribution in [1.82, 2.24) is 15.1 Å². The lowest BCUT2D eigenvalue weighted by molar-refractivity contribution is -0.384. The van der Waals surface area contributed by atoms with Crippen LogP contribution in [0, 0.1) is 16.0 Å². The Hall–Kier alpha value is -2.12. The van der Waals surface area contributed by atoms with Crippen LogP contribution in [0.5, 0.6) is 0 Å². The van der Waals surface area contributed by atoms with Gasteiger partial charge in [0.25, 0.3) is 0 Å². The summed E-state index contributed by atoms with van der Waals surface area (Å²) >= 11 is 0. The van der Waals surface area contributed by atoms with Crippen LogP contribution in [0.1, 0.15) is 32.9 Å². The van der Waals surface area contributed by atoms with Gasteiger partial charge in [0.1, 0.15) is 5.69 Å². The van der Waals surface area contributed by atoms with Gasteiger partial charge in [0.05, 0.1) is 11.5 Å². The minimum absolute atomic E-state index is 0.0152. The van der Waals surface area contributed by atoms with Crippen LogP contribution in [0.2, 0.25) is 0 Å². The first-order valence-electron chi connectivity index (χ1n) is 7.07. The van der Waals surface area contributed by atoms with E-state index < -0.39 is 4.92 Å². The van der Waals surface area contributed by atoms with Gasteiger partial charge in [-0.1, -0.05) is 27.2 Å². The van der Waals surface area contributed by atoms with Gasteiger partial charge in [-0.15, -0.1) is 0 Å². The number of nitrogens with zero attached hydrogens (tertiary/aromatic N) is 3. The van der Waals surface area contributed by atoms with Crippen molar-refractivity contribution in [3.63, 3.8) is 0 Å². The highest BCUT2D eigenvalue weighted by molar-refractivity contribution is 5.81. The smallest absolute Gasteiger partial charge is 0.334 e. The molecule has 0 saturated carbocycles. The summed E-state index contributed by atoms with van der Waals surface area (Å²) in [5, 5.41) is 20.9. The predicted molar refractivity (Wildman–Crippen MR) is 80.2 cm³/mol. The van der Waals surface area contributed by atoms with Crippen LogP contribution in [0.15, 0.2) is 0 Å². The first-order chi connectivity index (χ1) is 9.86. The molecule has 1 aromatic rings. The Bertz CT molecular complexity index is 510. The fourth-order valence-corrected chi connectivity index (χ4v) is 1.91. The Morgan fingerprint density at radius 1 is 1.48 bits per heavy atom. The fourth-order valence-electron chi connectivity index (χ4n) is 1.91. The molecule has 0 aliphatic carbocycles. The molecule has 2 N–H and O–H groups in total. The number of carbonyl (C=O) groups excluding carboxylic acids is 1. The highest BCUT2D eigenvalue weighted by atomic mass is 16.6. The molecule has 0 bridgehead atoms. The molecule has 0 radical (unpaired) electrons. The van der Waals surface area contributed by atoms with Crippen molar-refractivity contribution >= 4 is 17.4 Å². The van der Waals surface area contributed by atoms with Crippen LogP contribution < -0.4 is 10.6 Å². The van der Waals surface area contributed by atoms with Gasteiger partial charge in [-0.3, -0.25) is 14.9 Å². The molecule has 0 unspecified atom stereocenters. The van der Waals surface area contributed by atoms with Crippen molar-refractivity contribution in [2.24, 2.45) is 13.0 Å². The second-order valence-electron chi connectivity index (χ2n) is 5.33. The lowest BCUT2D eigenvalue weighted by Crippen LogP contribution is -2.32. The number of hydrogen-bond donors (Lipinski definition) is 2. The van der Waals surface area contributed by atoms with E-state index in [0.717, 1.165) is 6.42 Å². The highest BCUT2D eigenvalue weighted by Gasteiger charge is 2.26. The van der Waals surface area contributed by atoms with Crippen molar-refractivity contribution in [3.8, 4) is 0 Å². The molecule has 21 heavy (non-hydrogen) atoms. The molecule has 0 aliphatic heterocycles. The Balaban J connectivity index is 2.78. The second-order valence-corrected chi connectivity index (χ2v) is 5.33. The SMILES string of the molecule is CCCc1nn(C)c(NCC(=O)NCC(C)C)c1[N+](=O)[O-]. The quantitative estimate of drug-likeness (QED) is 0.558. The largest absolute Gasteiger partial charge is 0.355 e. The third kappa shape index (κ3) is 4.73. The molecule has 8 heteroatoms. The van der Waals surface area contributed by atoms with E-state index in [1.54, 1.807) is 7.05 Å². The van der Waals surface area contributed by atoms with E-state index in [4.69, 9.17) is 0 Å². The standard InChI is InChI=1S/C13H23N5O3/c1-5-6-10-12(18(20)21)13(17(4)16-10)15-8-11(19)14-7-9(2)3/h9,15H,5-8H2,1-4H3,(H,14,19). The van der Waals surface area contributed by atoms with Crippen molar-refractivity contribution in [3.05, 3.63) is 15.8 Å². The second kappa shape index (κ2) is 7.61. The predicted octanol–water partition coefficient (Wildman–Crippen LogP) is 1.46. The van der Waals surface area contributed by atoms with Crippen LogP contribution in [-0.2, 0) is 18.3 Å². The van der Waals surface area contributed by atoms with Crippen LogP contribution in [0.25, 0.3) is 0 Å². The van der Waals surface area contributed by atoms with E-state index in [0.29, 0.717) is 24.6 Å². The first-order valence-corrected chi connectivity index (χ1v) is 7.07. The third-order valence-corrected chi connectivity index (χ3v) is 2.89. The number of aryl methyl sites for hydroxylation is 2. The van der Waals surface area contributed by atoms with E-state index in [1.807, 2.05) is 20.8 Å². The number of amides is 1. The molecule has 1 amide bonds. The van der Waals surface area contributed by atoms with Gasteiger partial charge in [-0.25, -0.2) is 4.68 Å². The summed E-state index contributed by atoms with van der Waals surface area (Å²) in [6, 6.07) is 0. The number of carbonyl (C=O) groups is 1. The van der Waals surface area contributed by atoms with Gasteiger partial charge < -0.3 is 10.6 Å². The molecule has 0 aliphatic rings. The summed E-state index contributed by atoms with van der Waals surface area (Å²) < 4.78 is 1.42. The maximum absolute atomic E-state index is 11.7. The summed E-state index contributed by atoms with van der Waals surface area (Å²) in [5.41, 5.74) is 0.395. The summed E-state index contributed by atoms with van der Waals surface area (Å²) in [7, 11) is 1.63. The van der Waals surface area contributed by atoms with Crippen LogP contribution in [0.3, 0.4) is 0 Å². The number of hydrogen-bond acceptors (Lipinski definition) is 5. The molecule has 0 spiro atoms. The van der Waals surface area contributed by atoms with Crippen molar-refractivity contribution < 1.29 is 9.72 Å². The fraction of sp³-hybridized carbons (Fsp3) is 0.692. The lowest BCUT2D eigenvalue weighted by Gasteiger charge is -2.09. The van der Waals surface area contributed by atoms with Crippen LogP contribution >= 0.6 is 0 Å². The van der Waals surface area contributed by atoms with Gasteiger partial charge in [0, 0.05) is 13.6 Å². The molecule has 0 saturated heterocycles. The molecule has 1 heterocycles. The van der Waals surface area contributed by atoms with Crippen molar-refractivity contribution in [2.45, 2.75) is 33.6 Å². The van der Waals surface area contributed by atoms with E-state index in [-0.39, 0.29) is 24.0 Å². The van der Waals surface area contributed by atoms with E-state index in [2.05, 4.69) is 15.7 Å². The highest BCUT2D eigenvalue weighted by Crippen LogP contribution is 2.28. The zero-order valence-corrected chi connectivity index (χ0v) is 13.0. The molecular weight excluding hydrogens is 274 g/mol. The average Bonchev–Trinajstić information content (AvgIpc) is 2.70. The molecule has 1 rings (SSSR count). The summed E-state index contributed by atoms with van der Waals surface area (Å²) in [6.07, 6.45) is 1.30. The minimum atomic E-state index is -0.452. The minimum Gasteiger partial charge on any atom is -0.355 e. The normalized spacial score (nSPS) is 10.7. The number of nitrogens with one attached hydrogen (secondary N) is 2. The zero-order chi connectivity index (χ0) is 16.0. The van der Waals surface area contributed by atoms with Crippen molar-refractivity contribution in [2.75, 3.05) is 18.4 Å². The van der Waals surface area contributed by atoms with Gasteiger partial charge in [-0.2, -0.15) is 5.10 Å². The zero-order valence-electron chi connectivity index (χ0n) is 13.0. The van der Waals surface area contributed by atoms with Gasteiger partial charge in [0.2, 0.25) is 11.7 Å². The maximum Gasteiger partial charge on any atom is 0.334 e. The lowest BCUT2D eigenvalue weighted by atomic mass is 10.2. The Kier molecular flexibility index (Phi) is 6.13. The van der Waals surface area contributed by atoms with Crippen LogP contribution in [-0.4, -0.2) is 33.7 Å². The van der Waals surface area contributed by atoms with E-state index in [1.165, 1.54) is 4.68 Å². The molecule has 0 atom stereocenters. The molecule has 8 nitrogen and oxygen atoms in total. The Morgan fingerprint density at radius 3 is 2.67 bits per heavy atom. The maximum atomic E-state index is 11.7. The van der Waals surface area contributed by atoms with Gasteiger partial charge in [0.15, 0.2) is 0 Å². The molecule has 0 fully saturated rings. The summed E-state index contributed by atoms with van der Waals surface area (Å²) in [5.74, 6) is 0.426. The molecule has 1 aromatic heterocycles. The topological polar surface area (TPSA) is 102 Å². The Labute approximate surface area is 124 Å². The Morgan fingerprint density at radius 2 is 2.14 bits per heavy atom. The number of nitro groups is 1. The number of anilines is 1. The molecular formula is C13H23N5O3. The van der Waals surface area contributed by atoms with E-state index in [9.17, 15) is 14.9 Å². The molecule has 0 aromatic carbocycles. The number of aromatic nitrogens is 2. The average molecular weight is 297 g/mol. The summed E-state index contributed by atoms with van der Waals surface area (Å²) in [4.78, 5) is 22.4.